The number of methoxy groups -OCH3 is 2. The van der Waals surface area contributed by atoms with Gasteiger partial charge >= 0.3 is 0 Å². The number of fused-ring (bicyclic) bond motifs is 3. The Morgan fingerprint density at radius 2 is 1.70 bits per heavy atom. The number of nitrogens with zero attached hydrogens (tertiary/aromatic N) is 4. The largest absolute Gasteiger partial charge is 0.493 e. The smallest absolute Gasteiger partial charge is 0.239 e. The van der Waals surface area contributed by atoms with E-state index in [1.165, 1.54) is 23.1 Å². The van der Waals surface area contributed by atoms with Crippen LogP contribution in [0, 0.1) is 0 Å². The van der Waals surface area contributed by atoms with Gasteiger partial charge in [0.2, 0.25) is 11.1 Å². The molecule has 5 aromatic rings. The molecule has 0 bridgehead atoms. The summed E-state index contributed by atoms with van der Waals surface area (Å²) in [6, 6.07) is 17.9. The first-order chi connectivity index (χ1) is 18.1. The summed E-state index contributed by atoms with van der Waals surface area (Å²) >= 11 is 2.63. The summed E-state index contributed by atoms with van der Waals surface area (Å²) in [7, 11) is 3.18. The maximum atomic E-state index is 12.9. The number of carbonyl (C=O) groups excluding carboxylic acids is 1. The van der Waals surface area contributed by atoms with E-state index in [4.69, 9.17) is 14.5 Å². The summed E-state index contributed by atoms with van der Waals surface area (Å²) in [5.41, 5.74) is 5.27. The molecule has 37 heavy (non-hydrogen) atoms. The lowest BCUT2D eigenvalue weighted by atomic mass is 10.0. The van der Waals surface area contributed by atoms with Crippen molar-refractivity contribution >= 4 is 44.9 Å². The molecule has 1 atom stereocenters. The lowest BCUT2D eigenvalue weighted by molar-refractivity contribution is -0.115. The Hall–Kier alpha value is -4.02. The van der Waals surface area contributed by atoms with Gasteiger partial charge in [-0.3, -0.25) is 4.79 Å². The Bertz CT molecular complexity index is 1660. The number of hydrogen-bond acceptors (Lipinski definition) is 9. The van der Waals surface area contributed by atoms with Gasteiger partial charge in [0.15, 0.2) is 16.6 Å². The molecule has 0 radical (unpaired) electrons. The highest BCUT2D eigenvalue weighted by Crippen LogP contribution is 2.45. The van der Waals surface area contributed by atoms with Crippen LogP contribution in [0.25, 0.3) is 44.5 Å². The molecule has 0 aliphatic heterocycles. The van der Waals surface area contributed by atoms with Gasteiger partial charge in [0.05, 0.1) is 25.2 Å². The first-order valence-electron chi connectivity index (χ1n) is 11.5. The molecule has 1 amide bonds. The van der Waals surface area contributed by atoms with Crippen molar-refractivity contribution in [2.24, 2.45) is 0 Å². The SMILES string of the molecule is COc1ccc(-c2csc(NC(=O)C(C)Sc3nnc4c(n3)-c3cccc5cccc-4c35)n2)cc1OC. The van der Waals surface area contributed by atoms with Crippen LogP contribution in [0.1, 0.15) is 6.92 Å². The molecule has 1 N–H and O–H groups in total. The molecule has 0 spiro atoms. The summed E-state index contributed by atoms with van der Waals surface area (Å²) in [6.45, 7) is 1.81. The number of hydrogen-bond donors (Lipinski definition) is 1. The first-order valence-corrected chi connectivity index (χ1v) is 13.2. The van der Waals surface area contributed by atoms with Gasteiger partial charge in [-0.25, -0.2) is 9.97 Å². The van der Waals surface area contributed by atoms with Crippen molar-refractivity contribution in [3.05, 3.63) is 60.0 Å². The number of carbonyl (C=O) groups is 1. The van der Waals surface area contributed by atoms with Crippen LogP contribution in [0.15, 0.2) is 65.1 Å². The second kappa shape index (κ2) is 9.45. The zero-order valence-corrected chi connectivity index (χ0v) is 21.8. The molecule has 184 valence electrons. The fraction of sp³-hybridized carbons (Fsp3) is 0.148. The molecular formula is C27H21N5O3S2. The van der Waals surface area contributed by atoms with Crippen molar-refractivity contribution in [3.63, 3.8) is 0 Å². The van der Waals surface area contributed by atoms with Crippen LogP contribution in [-0.4, -0.2) is 45.5 Å². The number of ether oxygens (including phenoxy) is 2. The van der Waals surface area contributed by atoms with E-state index in [1.807, 2.05) is 48.7 Å². The van der Waals surface area contributed by atoms with Gasteiger partial charge in [0, 0.05) is 27.5 Å². The van der Waals surface area contributed by atoms with E-state index in [-0.39, 0.29) is 5.91 Å². The molecule has 2 heterocycles. The molecule has 1 unspecified atom stereocenters. The highest BCUT2D eigenvalue weighted by atomic mass is 32.2. The molecule has 0 saturated carbocycles. The topological polar surface area (TPSA) is 99.1 Å². The maximum absolute atomic E-state index is 12.9. The van der Waals surface area contributed by atoms with E-state index in [2.05, 4.69) is 38.7 Å². The zero-order valence-electron chi connectivity index (χ0n) is 20.2. The predicted molar refractivity (Wildman–Crippen MR) is 146 cm³/mol. The summed E-state index contributed by atoms with van der Waals surface area (Å²) in [5.74, 6) is 1.07. The Balaban J connectivity index is 1.17. The van der Waals surface area contributed by atoms with Crippen molar-refractivity contribution in [1.82, 2.24) is 20.2 Å². The number of thiazole rings is 1. The van der Waals surface area contributed by atoms with Crippen LogP contribution in [-0.2, 0) is 4.79 Å². The van der Waals surface area contributed by atoms with E-state index >= 15 is 0 Å². The van der Waals surface area contributed by atoms with E-state index in [1.54, 1.807) is 14.2 Å². The van der Waals surface area contributed by atoms with E-state index in [0.717, 1.165) is 44.5 Å². The fourth-order valence-corrected chi connectivity index (χ4v) is 5.78. The second-order valence-corrected chi connectivity index (χ2v) is 10.5. The van der Waals surface area contributed by atoms with Crippen LogP contribution < -0.4 is 14.8 Å². The van der Waals surface area contributed by atoms with Crippen LogP contribution in [0.2, 0.25) is 0 Å². The number of rotatable bonds is 7. The van der Waals surface area contributed by atoms with Crippen LogP contribution in [0.4, 0.5) is 5.13 Å². The predicted octanol–water partition coefficient (Wildman–Crippen LogP) is 5.93. The zero-order chi connectivity index (χ0) is 25.5. The molecular weight excluding hydrogens is 506 g/mol. The molecule has 1 aliphatic rings. The molecule has 6 rings (SSSR count). The van der Waals surface area contributed by atoms with Crippen LogP contribution in [0.3, 0.4) is 0 Å². The first kappa shape index (κ1) is 23.4. The molecule has 3 aromatic carbocycles. The molecule has 0 saturated heterocycles. The van der Waals surface area contributed by atoms with Gasteiger partial charge < -0.3 is 14.8 Å². The average Bonchev–Trinajstić information content (AvgIpc) is 3.52. The number of anilines is 1. The number of aromatic nitrogens is 4. The summed E-state index contributed by atoms with van der Waals surface area (Å²) in [4.78, 5) is 22.3. The molecule has 10 heteroatoms. The second-order valence-electron chi connectivity index (χ2n) is 8.36. The highest BCUT2D eigenvalue weighted by molar-refractivity contribution is 8.00. The van der Waals surface area contributed by atoms with Crippen molar-refractivity contribution in [1.29, 1.82) is 0 Å². The fourth-order valence-electron chi connectivity index (χ4n) is 4.34. The quantitative estimate of drug-likeness (QED) is 0.255. The lowest BCUT2D eigenvalue weighted by Gasteiger charge is -2.10. The van der Waals surface area contributed by atoms with Crippen molar-refractivity contribution in [3.8, 4) is 45.3 Å². The monoisotopic (exact) mass is 527 g/mol. The minimum Gasteiger partial charge on any atom is -0.493 e. The van der Waals surface area contributed by atoms with E-state index in [9.17, 15) is 4.79 Å². The molecule has 0 fully saturated rings. The Labute approximate surface area is 221 Å². The average molecular weight is 528 g/mol. The van der Waals surface area contributed by atoms with Crippen LogP contribution >= 0.6 is 23.1 Å². The summed E-state index contributed by atoms with van der Waals surface area (Å²) < 4.78 is 10.7. The minimum absolute atomic E-state index is 0.187. The number of nitrogens with one attached hydrogen (secondary N) is 1. The molecule has 2 aromatic heterocycles. The van der Waals surface area contributed by atoms with Gasteiger partial charge in [-0.15, -0.1) is 21.5 Å². The van der Waals surface area contributed by atoms with E-state index in [0.29, 0.717) is 21.8 Å². The standard InChI is InChI=1S/C27H21N5O3S2/c1-14(25(33)30-26-28-19(13-36-26)16-10-11-20(34-2)21(12-16)35-3)37-27-29-23-17-8-4-6-15-7-5-9-18(22(15)17)24(23)31-32-27/h4-14H,1-3H3,(H,28,30,33). The summed E-state index contributed by atoms with van der Waals surface area (Å²) in [5, 5.41) is 16.4. The molecule has 1 aliphatic carbocycles. The molecule has 8 nitrogen and oxygen atoms in total. The third-order valence-corrected chi connectivity index (χ3v) is 7.86. The van der Waals surface area contributed by atoms with Crippen molar-refractivity contribution in [2.45, 2.75) is 17.3 Å². The number of benzene rings is 3. The third-order valence-electron chi connectivity index (χ3n) is 6.15. The van der Waals surface area contributed by atoms with Gasteiger partial charge in [-0.1, -0.05) is 48.2 Å². The lowest BCUT2D eigenvalue weighted by Crippen LogP contribution is -2.22. The van der Waals surface area contributed by atoms with Gasteiger partial charge in [-0.05, 0) is 30.5 Å². The van der Waals surface area contributed by atoms with Crippen LogP contribution in [0.5, 0.6) is 11.5 Å². The minimum atomic E-state index is -0.451. The van der Waals surface area contributed by atoms with E-state index < -0.39 is 5.25 Å². The normalized spacial score (nSPS) is 12.3. The van der Waals surface area contributed by atoms with Gasteiger partial charge in [0.1, 0.15) is 11.4 Å². The van der Waals surface area contributed by atoms with Gasteiger partial charge in [-0.2, -0.15) is 0 Å². The maximum Gasteiger partial charge on any atom is 0.239 e. The van der Waals surface area contributed by atoms with Gasteiger partial charge in [0.25, 0.3) is 0 Å². The Morgan fingerprint density at radius 3 is 2.46 bits per heavy atom. The third kappa shape index (κ3) is 4.17. The highest BCUT2D eigenvalue weighted by Gasteiger charge is 2.26. The van der Waals surface area contributed by atoms with Crippen molar-refractivity contribution in [2.75, 3.05) is 19.5 Å². The van der Waals surface area contributed by atoms with Crippen molar-refractivity contribution < 1.29 is 14.3 Å². The summed E-state index contributed by atoms with van der Waals surface area (Å²) in [6.07, 6.45) is 0. The number of amides is 1. The Morgan fingerprint density at radius 1 is 0.946 bits per heavy atom. The number of thioether (sulfide) groups is 1. The Kier molecular flexibility index (Phi) is 5.97.